The summed E-state index contributed by atoms with van der Waals surface area (Å²) in [6, 6.07) is 0. The van der Waals surface area contributed by atoms with Gasteiger partial charge in [0, 0.05) is 0 Å². The van der Waals surface area contributed by atoms with Crippen LogP contribution in [0.1, 0.15) is 0 Å². The molecular formula is C2H6BCl. The molecule has 0 atom stereocenters. The molecule has 0 radical (unpaired) electrons. The Morgan fingerprint density at radius 3 is 1.25 bits per heavy atom. The summed E-state index contributed by atoms with van der Waals surface area (Å²) in [7, 11) is 2.00. The monoisotopic (exact) mass is 76.0 g/mol. The minimum absolute atomic E-state index is 0. The first kappa shape index (κ1) is 8.84. The Morgan fingerprint density at radius 2 is 1.25 bits per heavy atom. The van der Waals surface area contributed by atoms with Crippen molar-refractivity contribution in [3.05, 3.63) is 0 Å². The molecule has 0 N–H and O–H groups in total. The SMILES string of the molecule is C[B+]C.[Cl-]. The first-order chi connectivity index (χ1) is 1.41. The van der Waals surface area contributed by atoms with Gasteiger partial charge in [0.1, 0.15) is 0 Å². The van der Waals surface area contributed by atoms with Crippen molar-refractivity contribution in [1.29, 1.82) is 0 Å². The zero-order chi connectivity index (χ0) is 2.71. The second-order valence-electron chi connectivity index (χ2n) is 0.577. The maximum atomic E-state index is 2.00. The number of hydrogen-bond donors (Lipinski definition) is 0. The summed E-state index contributed by atoms with van der Waals surface area (Å²) in [5.41, 5.74) is 0. The number of rotatable bonds is 0. The Kier molecular flexibility index (Phi) is 22.4. The summed E-state index contributed by atoms with van der Waals surface area (Å²) in [6.07, 6.45) is 0. The molecule has 0 aliphatic heterocycles. The molecule has 0 nitrogen and oxygen atoms in total. The quantitative estimate of drug-likeness (QED) is 0.287. The van der Waals surface area contributed by atoms with Gasteiger partial charge in [0.25, 0.3) is 0 Å². The van der Waals surface area contributed by atoms with E-state index < -0.39 is 0 Å². The Morgan fingerprint density at radius 1 is 1.25 bits per heavy atom. The van der Waals surface area contributed by atoms with Crippen molar-refractivity contribution in [3.63, 3.8) is 0 Å². The summed E-state index contributed by atoms with van der Waals surface area (Å²) in [4.78, 5) is 0. The molecule has 0 saturated carbocycles. The second-order valence-corrected chi connectivity index (χ2v) is 0.577. The molecule has 0 rings (SSSR count). The van der Waals surface area contributed by atoms with Crippen LogP contribution in [-0.2, 0) is 0 Å². The van der Waals surface area contributed by atoms with E-state index in [0.29, 0.717) is 0 Å². The minimum atomic E-state index is 0. The predicted molar refractivity (Wildman–Crippen MR) is 17.5 cm³/mol. The molecule has 0 heterocycles. The van der Waals surface area contributed by atoms with Crippen LogP contribution in [-0.4, -0.2) is 7.28 Å². The molecule has 0 aliphatic rings. The van der Waals surface area contributed by atoms with Crippen molar-refractivity contribution in [3.8, 4) is 0 Å². The zero-order valence-electron chi connectivity index (χ0n) is 2.96. The molecule has 2 heteroatoms. The molecule has 0 aliphatic carbocycles. The van der Waals surface area contributed by atoms with Gasteiger partial charge in [-0.25, -0.2) is 0 Å². The summed E-state index contributed by atoms with van der Waals surface area (Å²) in [5, 5.41) is 0. The van der Waals surface area contributed by atoms with Gasteiger partial charge in [-0.05, 0) is 0 Å². The molecule has 0 amide bonds. The van der Waals surface area contributed by atoms with E-state index in [1.54, 1.807) is 0 Å². The van der Waals surface area contributed by atoms with Gasteiger partial charge in [0.2, 0.25) is 0 Å². The van der Waals surface area contributed by atoms with Gasteiger partial charge in [0.15, 0.2) is 0 Å². The Labute approximate surface area is 34.2 Å². The van der Waals surface area contributed by atoms with E-state index in [0.717, 1.165) is 0 Å². The molecule has 0 aromatic rings. The van der Waals surface area contributed by atoms with Crippen molar-refractivity contribution in [1.82, 2.24) is 0 Å². The van der Waals surface area contributed by atoms with Crippen LogP contribution in [0.3, 0.4) is 0 Å². The molecule has 24 valence electrons. The average molecular weight is 76.3 g/mol. The Balaban J connectivity index is 0. The third-order valence-electron chi connectivity index (χ3n) is 0. The van der Waals surface area contributed by atoms with Crippen LogP contribution in [0.4, 0.5) is 0 Å². The molecular weight excluding hydrogens is 70.3 g/mol. The van der Waals surface area contributed by atoms with Crippen molar-refractivity contribution in [2.45, 2.75) is 13.6 Å². The molecule has 0 spiro atoms. The van der Waals surface area contributed by atoms with Gasteiger partial charge in [-0.15, -0.1) is 0 Å². The third kappa shape index (κ3) is 34.3. The van der Waals surface area contributed by atoms with Crippen LogP contribution in [0.25, 0.3) is 0 Å². The number of halogens is 1. The minimum Gasteiger partial charge on any atom is -1.00 e. The van der Waals surface area contributed by atoms with Crippen molar-refractivity contribution in [2.24, 2.45) is 0 Å². The van der Waals surface area contributed by atoms with E-state index in [9.17, 15) is 0 Å². The van der Waals surface area contributed by atoms with Crippen LogP contribution >= 0.6 is 0 Å². The fourth-order valence-corrected chi connectivity index (χ4v) is 0. The standard InChI is InChI=1S/C2H6B.ClH/c1-3-2;/h1-2H3;1H/q+1;/p-1. The van der Waals surface area contributed by atoms with E-state index in [-0.39, 0.29) is 12.4 Å². The topological polar surface area (TPSA) is 0 Å². The Bertz CT molecular complexity index is 6.00. The largest absolute Gasteiger partial charge is 1.00 e. The van der Waals surface area contributed by atoms with Gasteiger partial charge >= 0.3 is 20.9 Å². The van der Waals surface area contributed by atoms with Crippen molar-refractivity contribution < 1.29 is 12.4 Å². The molecule has 0 aromatic heterocycles. The summed E-state index contributed by atoms with van der Waals surface area (Å²) in [5.74, 6) is 0. The van der Waals surface area contributed by atoms with E-state index in [4.69, 9.17) is 0 Å². The first-order valence-electron chi connectivity index (χ1n) is 1.15. The smallest absolute Gasteiger partial charge is 1.00 e. The first-order valence-corrected chi connectivity index (χ1v) is 1.15. The maximum Gasteiger partial charge on any atom is -1.00 e. The van der Waals surface area contributed by atoms with Gasteiger partial charge in [-0.3, -0.25) is 0 Å². The molecule has 4 heavy (non-hydrogen) atoms. The van der Waals surface area contributed by atoms with E-state index in [2.05, 4.69) is 0 Å². The summed E-state index contributed by atoms with van der Waals surface area (Å²) in [6.45, 7) is 4.00. The fourth-order valence-electron chi connectivity index (χ4n) is 0. The molecule has 0 fully saturated rings. The number of hydrogen-bond acceptors (Lipinski definition) is 0. The van der Waals surface area contributed by atoms with Gasteiger partial charge in [-0.2, -0.15) is 0 Å². The second kappa shape index (κ2) is 10.1. The van der Waals surface area contributed by atoms with Crippen molar-refractivity contribution in [2.75, 3.05) is 0 Å². The molecule has 0 saturated heterocycles. The third-order valence-corrected chi connectivity index (χ3v) is 0. The zero-order valence-corrected chi connectivity index (χ0v) is 3.71. The van der Waals surface area contributed by atoms with E-state index in [1.807, 2.05) is 20.9 Å². The predicted octanol–water partition coefficient (Wildman–Crippen LogP) is -2.21. The van der Waals surface area contributed by atoms with E-state index >= 15 is 0 Å². The van der Waals surface area contributed by atoms with E-state index in [1.165, 1.54) is 0 Å². The summed E-state index contributed by atoms with van der Waals surface area (Å²) >= 11 is 0. The summed E-state index contributed by atoms with van der Waals surface area (Å²) < 4.78 is 0. The van der Waals surface area contributed by atoms with Crippen LogP contribution in [0.2, 0.25) is 13.6 Å². The Hall–Kier alpha value is 0.355. The molecule has 0 aromatic carbocycles. The average Bonchev–Trinajstić information content (AvgIpc) is 0.918. The van der Waals surface area contributed by atoms with Gasteiger partial charge in [0.05, 0.1) is 0 Å². The van der Waals surface area contributed by atoms with Gasteiger partial charge in [-0.1, -0.05) is 0 Å². The van der Waals surface area contributed by atoms with Crippen LogP contribution in [0, 0.1) is 0 Å². The van der Waals surface area contributed by atoms with Crippen LogP contribution in [0.5, 0.6) is 0 Å². The maximum absolute atomic E-state index is 2.00. The van der Waals surface area contributed by atoms with Gasteiger partial charge < -0.3 is 12.4 Å². The normalized spacial score (nSPS) is 2.50. The molecule has 0 bridgehead atoms. The fraction of sp³-hybridized carbons (Fsp3) is 1.00. The molecule has 0 unspecified atom stereocenters. The van der Waals surface area contributed by atoms with Crippen molar-refractivity contribution >= 4 is 7.28 Å². The van der Waals surface area contributed by atoms with Crippen LogP contribution in [0.15, 0.2) is 0 Å². The van der Waals surface area contributed by atoms with Crippen LogP contribution < -0.4 is 12.4 Å².